The van der Waals surface area contributed by atoms with Crippen molar-refractivity contribution in [3.8, 4) is 5.75 Å². The van der Waals surface area contributed by atoms with E-state index in [1.54, 1.807) is 12.3 Å². The van der Waals surface area contributed by atoms with Gasteiger partial charge in [-0.2, -0.15) is 5.10 Å². The van der Waals surface area contributed by atoms with Gasteiger partial charge in [0.25, 0.3) is 5.56 Å². The van der Waals surface area contributed by atoms with Crippen LogP contribution >= 0.6 is 0 Å². The first-order valence-electron chi connectivity index (χ1n) is 6.28. The molecule has 1 aromatic carbocycles. The van der Waals surface area contributed by atoms with Gasteiger partial charge in [-0.05, 0) is 19.1 Å². The van der Waals surface area contributed by atoms with Crippen molar-refractivity contribution in [1.29, 1.82) is 0 Å². The maximum atomic E-state index is 11.8. The molecule has 5 heteroatoms. The van der Waals surface area contributed by atoms with Gasteiger partial charge in [-0.25, -0.2) is 4.68 Å². The molecule has 0 bridgehead atoms. The lowest BCUT2D eigenvalue weighted by Gasteiger charge is -2.08. The molecule has 0 spiro atoms. The molecule has 1 heterocycles. The predicted octanol–water partition coefficient (Wildman–Crippen LogP) is 1.75. The first kappa shape index (κ1) is 13.1. The third-order valence-corrected chi connectivity index (χ3v) is 2.57. The molecule has 2 rings (SSSR count). The van der Waals surface area contributed by atoms with E-state index < -0.39 is 0 Å². The molecule has 0 amide bonds. The summed E-state index contributed by atoms with van der Waals surface area (Å²) in [5, 5.41) is 7.14. The molecule has 100 valence electrons. The number of nitrogens with zero attached hydrogens (tertiary/aromatic N) is 2. The molecule has 1 N–H and O–H groups in total. The van der Waals surface area contributed by atoms with Gasteiger partial charge in [0.2, 0.25) is 0 Å². The average molecular weight is 259 g/mol. The Morgan fingerprint density at radius 2 is 2.11 bits per heavy atom. The number of ether oxygens (including phenoxy) is 1. The largest absolute Gasteiger partial charge is 0.492 e. The van der Waals surface area contributed by atoms with Crippen LogP contribution in [0.25, 0.3) is 0 Å². The maximum absolute atomic E-state index is 11.8. The van der Waals surface area contributed by atoms with Crippen molar-refractivity contribution in [3.63, 3.8) is 0 Å². The zero-order chi connectivity index (χ0) is 13.5. The van der Waals surface area contributed by atoms with Gasteiger partial charge in [-0.3, -0.25) is 4.79 Å². The fourth-order valence-corrected chi connectivity index (χ4v) is 1.67. The van der Waals surface area contributed by atoms with Crippen LogP contribution in [-0.2, 0) is 6.54 Å². The smallest absolute Gasteiger partial charge is 0.268 e. The monoisotopic (exact) mass is 259 g/mol. The lowest BCUT2D eigenvalue weighted by atomic mass is 10.3. The fraction of sp³-hybridized carbons (Fsp3) is 0.286. The van der Waals surface area contributed by atoms with Gasteiger partial charge in [0, 0.05) is 12.6 Å². The summed E-state index contributed by atoms with van der Waals surface area (Å²) in [6.45, 7) is 3.58. The standard InChI is InChI=1S/C14H17N3O2/c1-2-15-12-10-14(18)17(16-11-12)8-9-19-13-6-4-3-5-7-13/h3-7,10-11,15H,2,8-9H2,1H3. The number of anilines is 1. The van der Waals surface area contributed by atoms with Gasteiger partial charge in [0.15, 0.2) is 0 Å². The summed E-state index contributed by atoms with van der Waals surface area (Å²) in [6.07, 6.45) is 1.65. The first-order valence-corrected chi connectivity index (χ1v) is 6.28. The molecule has 0 saturated heterocycles. The van der Waals surface area contributed by atoms with E-state index in [-0.39, 0.29) is 5.56 Å². The SMILES string of the molecule is CCNc1cnn(CCOc2ccccc2)c(=O)c1. The average Bonchev–Trinajstić information content (AvgIpc) is 2.43. The number of nitrogens with one attached hydrogen (secondary N) is 1. The molecule has 0 saturated carbocycles. The topological polar surface area (TPSA) is 56.1 Å². The van der Waals surface area contributed by atoms with Crippen molar-refractivity contribution < 1.29 is 4.74 Å². The fourth-order valence-electron chi connectivity index (χ4n) is 1.67. The highest BCUT2D eigenvalue weighted by molar-refractivity contribution is 5.38. The Labute approximate surface area is 111 Å². The molecule has 5 nitrogen and oxygen atoms in total. The number of aromatic nitrogens is 2. The summed E-state index contributed by atoms with van der Waals surface area (Å²) in [5.74, 6) is 0.791. The van der Waals surface area contributed by atoms with E-state index in [1.165, 1.54) is 4.68 Å². The molecule has 2 aromatic rings. The van der Waals surface area contributed by atoms with Crippen molar-refractivity contribution >= 4 is 5.69 Å². The van der Waals surface area contributed by atoms with E-state index in [9.17, 15) is 4.79 Å². The Kier molecular flexibility index (Phi) is 4.55. The molecule has 0 fully saturated rings. The highest BCUT2D eigenvalue weighted by atomic mass is 16.5. The van der Waals surface area contributed by atoms with E-state index in [0.29, 0.717) is 13.2 Å². The van der Waals surface area contributed by atoms with Crippen LogP contribution < -0.4 is 15.6 Å². The van der Waals surface area contributed by atoms with Crippen LogP contribution in [0.15, 0.2) is 47.4 Å². The van der Waals surface area contributed by atoms with E-state index in [1.807, 2.05) is 37.3 Å². The number of rotatable bonds is 6. The minimum absolute atomic E-state index is 0.130. The van der Waals surface area contributed by atoms with Crippen LogP contribution in [0.4, 0.5) is 5.69 Å². The summed E-state index contributed by atoms with van der Waals surface area (Å²) >= 11 is 0. The summed E-state index contributed by atoms with van der Waals surface area (Å²) in [7, 11) is 0. The second-order valence-electron chi connectivity index (χ2n) is 4.00. The summed E-state index contributed by atoms with van der Waals surface area (Å²) < 4.78 is 6.92. The second-order valence-corrected chi connectivity index (χ2v) is 4.00. The Morgan fingerprint density at radius 3 is 2.79 bits per heavy atom. The summed E-state index contributed by atoms with van der Waals surface area (Å²) in [5.41, 5.74) is 0.614. The molecule has 0 aliphatic rings. The Hall–Kier alpha value is -2.30. The molecule has 0 aliphatic carbocycles. The van der Waals surface area contributed by atoms with Gasteiger partial charge in [0.1, 0.15) is 12.4 Å². The highest BCUT2D eigenvalue weighted by Gasteiger charge is 2.00. The molecule has 0 unspecified atom stereocenters. The third-order valence-electron chi connectivity index (χ3n) is 2.57. The van der Waals surface area contributed by atoms with Crippen molar-refractivity contribution in [2.24, 2.45) is 0 Å². The maximum Gasteiger partial charge on any atom is 0.268 e. The van der Waals surface area contributed by atoms with Crippen LogP contribution in [0, 0.1) is 0 Å². The summed E-state index contributed by atoms with van der Waals surface area (Å²) in [4.78, 5) is 11.8. The van der Waals surface area contributed by atoms with Crippen molar-refractivity contribution in [3.05, 3.63) is 52.9 Å². The minimum atomic E-state index is -0.130. The number of hydrogen-bond donors (Lipinski definition) is 1. The molecular weight excluding hydrogens is 242 g/mol. The van der Waals surface area contributed by atoms with E-state index in [2.05, 4.69) is 10.4 Å². The molecule has 1 aromatic heterocycles. The highest BCUT2D eigenvalue weighted by Crippen LogP contribution is 2.07. The quantitative estimate of drug-likeness (QED) is 0.858. The van der Waals surface area contributed by atoms with Crippen LogP contribution in [0.5, 0.6) is 5.75 Å². The van der Waals surface area contributed by atoms with Crippen molar-refractivity contribution in [2.45, 2.75) is 13.5 Å². The number of para-hydroxylation sites is 1. The molecule has 0 aliphatic heterocycles. The van der Waals surface area contributed by atoms with Gasteiger partial charge >= 0.3 is 0 Å². The normalized spacial score (nSPS) is 10.2. The van der Waals surface area contributed by atoms with E-state index >= 15 is 0 Å². The van der Waals surface area contributed by atoms with E-state index in [4.69, 9.17) is 4.74 Å². The molecular formula is C14H17N3O2. The third kappa shape index (κ3) is 3.84. The molecule has 0 radical (unpaired) electrons. The number of hydrogen-bond acceptors (Lipinski definition) is 4. The van der Waals surface area contributed by atoms with Crippen LogP contribution in [-0.4, -0.2) is 22.9 Å². The Bertz CT molecular complexity index is 566. The van der Waals surface area contributed by atoms with Crippen LogP contribution in [0.3, 0.4) is 0 Å². The number of benzene rings is 1. The zero-order valence-electron chi connectivity index (χ0n) is 10.9. The van der Waals surface area contributed by atoms with Crippen molar-refractivity contribution in [1.82, 2.24) is 9.78 Å². The van der Waals surface area contributed by atoms with Gasteiger partial charge in [0.05, 0.1) is 18.4 Å². The minimum Gasteiger partial charge on any atom is -0.492 e. The lowest BCUT2D eigenvalue weighted by molar-refractivity contribution is 0.288. The zero-order valence-corrected chi connectivity index (χ0v) is 10.9. The van der Waals surface area contributed by atoms with Crippen LogP contribution in [0.1, 0.15) is 6.92 Å². The van der Waals surface area contributed by atoms with Crippen molar-refractivity contribution in [2.75, 3.05) is 18.5 Å². The van der Waals surface area contributed by atoms with Gasteiger partial charge < -0.3 is 10.1 Å². The predicted molar refractivity (Wildman–Crippen MR) is 74.6 cm³/mol. The second kappa shape index (κ2) is 6.58. The molecule has 0 atom stereocenters. The Balaban J connectivity index is 1.91. The Morgan fingerprint density at radius 1 is 1.32 bits per heavy atom. The lowest BCUT2D eigenvalue weighted by Crippen LogP contribution is -2.25. The summed E-state index contributed by atoms with van der Waals surface area (Å²) in [6, 6.07) is 11.0. The molecule has 19 heavy (non-hydrogen) atoms. The van der Waals surface area contributed by atoms with Gasteiger partial charge in [-0.1, -0.05) is 18.2 Å². The van der Waals surface area contributed by atoms with E-state index in [0.717, 1.165) is 18.0 Å². The first-order chi connectivity index (χ1) is 9.29. The van der Waals surface area contributed by atoms with Gasteiger partial charge in [-0.15, -0.1) is 0 Å². The van der Waals surface area contributed by atoms with Crippen LogP contribution in [0.2, 0.25) is 0 Å².